The van der Waals surface area contributed by atoms with Crippen molar-refractivity contribution in [1.82, 2.24) is 15.6 Å². The highest BCUT2D eigenvalue weighted by atomic mass is 127. The van der Waals surface area contributed by atoms with E-state index in [9.17, 15) is 0 Å². The van der Waals surface area contributed by atoms with E-state index in [-0.39, 0.29) is 24.0 Å². The van der Waals surface area contributed by atoms with Crippen molar-refractivity contribution < 1.29 is 4.74 Å². The Bertz CT molecular complexity index is 744. The summed E-state index contributed by atoms with van der Waals surface area (Å²) in [6, 6.07) is 8.90. The van der Waals surface area contributed by atoms with Crippen LogP contribution in [0.3, 0.4) is 0 Å². The first kappa shape index (κ1) is 19.5. The van der Waals surface area contributed by atoms with Crippen LogP contribution in [0.2, 0.25) is 0 Å². The minimum absolute atomic E-state index is 0. The van der Waals surface area contributed by atoms with Crippen LogP contribution in [-0.4, -0.2) is 42.3 Å². The third-order valence-corrected chi connectivity index (χ3v) is 5.32. The fourth-order valence-electron chi connectivity index (χ4n) is 4.08. The second-order valence-electron chi connectivity index (χ2n) is 7.08. The summed E-state index contributed by atoms with van der Waals surface area (Å²) < 4.78 is 5.93. The fourth-order valence-corrected chi connectivity index (χ4v) is 4.08. The molecular formula is C20H29IN4O. The number of H-pyrrole nitrogens is 1. The molecule has 0 spiro atoms. The topological polar surface area (TPSA) is 61.4 Å². The Labute approximate surface area is 172 Å². The summed E-state index contributed by atoms with van der Waals surface area (Å²) in [7, 11) is 0. The highest BCUT2D eigenvalue weighted by Gasteiger charge is 2.41. The van der Waals surface area contributed by atoms with Gasteiger partial charge < -0.3 is 20.4 Å². The van der Waals surface area contributed by atoms with Crippen LogP contribution in [0.5, 0.6) is 0 Å². The molecule has 2 bridgehead atoms. The molecule has 6 heteroatoms. The van der Waals surface area contributed by atoms with E-state index in [0.29, 0.717) is 18.2 Å². The first-order chi connectivity index (χ1) is 12.3. The molecule has 4 rings (SSSR count). The van der Waals surface area contributed by atoms with Gasteiger partial charge in [0, 0.05) is 30.2 Å². The fraction of sp³-hybridized carbons (Fsp3) is 0.550. The molecule has 0 amide bonds. The van der Waals surface area contributed by atoms with Gasteiger partial charge in [-0.3, -0.25) is 4.99 Å². The minimum Gasteiger partial charge on any atom is -0.373 e. The SMILES string of the molecule is CCNC(=NCCCc1c[nH]c2ccccc12)NC1CC2CCC1O2.I. The van der Waals surface area contributed by atoms with Gasteiger partial charge in [-0.15, -0.1) is 24.0 Å². The lowest BCUT2D eigenvalue weighted by Crippen LogP contribution is -2.47. The Morgan fingerprint density at radius 2 is 2.19 bits per heavy atom. The van der Waals surface area contributed by atoms with Gasteiger partial charge in [0.2, 0.25) is 0 Å². The van der Waals surface area contributed by atoms with E-state index in [1.54, 1.807) is 0 Å². The number of benzene rings is 1. The van der Waals surface area contributed by atoms with Gasteiger partial charge in [-0.1, -0.05) is 18.2 Å². The second-order valence-corrected chi connectivity index (χ2v) is 7.08. The number of nitrogens with zero attached hydrogens (tertiary/aromatic N) is 1. The predicted octanol–water partition coefficient (Wildman–Crippen LogP) is 3.59. The summed E-state index contributed by atoms with van der Waals surface area (Å²) in [5, 5.41) is 8.28. The Balaban J connectivity index is 0.00000196. The maximum atomic E-state index is 5.93. The maximum absolute atomic E-state index is 5.93. The Morgan fingerprint density at radius 3 is 2.96 bits per heavy atom. The lowest BCUT2D eigenvalue weighted by molar-refractivity contribution is 0.0992. The maximum Gasteiger partial charge on any atom is 0.191 e. The third kappa shape index (κ3) is 4.34. The molecule has 5 nitrogen and oxygen atoms in total. The molecule has 0 saturated carbocycles. The number of hydrogen-bond acceptors (Lipinski definition) is 2. The van der Waals surface area contributed by atoms with Crippen LogP contribution in [0.25, 0.3) is 10.9 Å². The largest absolute Gasteiger partial charge is 0.373 e. The lowest BCUT2D eigenvalue weighted by Gasteiger charge is -2.22. The molecule has 3 atom stereocenters. The average Bonchev–Trinajstić information content (AvgIpc) is 3.34. The molecule has 2 aliphatic rings. The molecule has 1 aromatic heterocycles. The molecule has 0 radical (unpaired) electrons. The molecule has 1 aromatic carbocycles. The molecule has 142 valence electrons. The summed E-state index contributed by atoms with van der Waals surface area (Å²) in [6.07, 6.45) is 8.58. The molecule has 2 aromatic rings. The van der Waals surface area contributed by atoms with Gasteiger partial charge in [0.05, 0.1) is 18.2 Å². The monoisotopic (exact) mass is 468 g/mol. The predicted molar refractivity (Wildman–Crippen MR) is 117 cm³/mol. The number of rotatable bonds is 6. The van der Waals surface area contributed by atoms with E-state index in [2.05, 4.69) is 53.0 Å². The van der Waals surface area contributed by atoms with E-state index in [0.717, 1.165) is 38.3 Å². The standard InChI is InChI=1S/C20H28N4O.HI/c1-2-21-20(24-18-12-15-9-10-19(18)25-15)22-11-5-6-14-13-23-17-8-4-3-7-16(14)17;/h3-4,7-8,13,15,18-19,23H,2,5-6,9-12H2,1H3,(H2,21,22,24);1H. The van der Waals surface area contributed by atoms with Crippen LogP contribution in [0, 0.1) is 0 Å². The van der Waals surface area contributed by atoms with Crippen molar-refractivity contribution >= 4 is 40.8 Å². The number of aromatic nitrogens is 1. The van der Waals surface area contributed by atoms with Crippen molar-refractivity contribution in [3.8, 4) is 0 Å². The molecular weight excluding hydrogens is 439 g/mol. The molecule has 0 aliphatic carbocycles. The van der Waals surface area contributed by atoms with Gasteiger partial charge in [-0.2, -0.15) is 0 Å². The zero-order chi connectivity index (χ0) is 17.1. The summed E-state index contributed by atoms with van der Waals surface area (Å²) >= 11 is 0. The van der Waals surface area contributed by atoms with Crippen molar-refractivity contribution in [1.29, 1.82) is 0 Å². The quantitative estimate of drug-likeness (QED) is 0.263. The number of halogens is 1. The number of aryl methyl sites for hydroxylation is 1. The van der Waals surface area contributed by atoms with Gasteiger partial charge in [-0.05, 0) is 50.7 Å². The van der Waals surface area contributed by atoms with Gasteiger partial charge in [0.25, 0.3) is 0 Å². The number of hydrogen-bond donors (Lipinski definition) is 3. The second kappa shape index (κ2) is 9.08. The van der Waals surface area contributed by atoms with Crippen molar-refractivity contribution in [2.45, 2.75) is 57.3 Å². The van der Waals surface area contributed by atoms with Crippen LogP contribution in [0.15, 0.2) is 35.5 Å². The van der Waals surface area contributed by atoms with E-state index in [4.69, 9.17) is 9.73 Å². The van der Waals surface area contributed by atoms with Crippen LogP contribution < -0.4 is 10.6 Å². The molecule has 2 aliphatic heterocycles. The van der Waals surface area contributed by atoms with Crippen molar-refractivity contribution in [2.24, 2.45) is 4.99 Å². The van der Waals surface area contributed by atoms with E-state index >= 15 is 0 Å². The van der Waals surface area contributed by atoms with Crippen molar-refractivity contribution in [3.63, 3.8) is 0 Å². The zero-order valence-electron chi connectivity index (χ0n) is 15.3. The highest BCUT2D eigenvalue weighted by molar-refractivity contribution is 14.0. The number of fused-ring (bicyclic) bond motifs is 3. The Morgan fingerprint density at radius 1 is 1.31 bits per heavy atom. The molecule has 3 heterocycles. The van der Waals surface area contributed by atoms with Crippen molar-refractivity contribution in [3.05, 3.63) is 36.0 Å². The smallest absolute Gasteiger partial charge is 0.191 e. The molecule has 3 N–H and O–H groups in total. The highest BCUT2D eigenvalue weighted by Crippen LogP contribution is 2.34. The van der Waals surface area contributed by atoms with Crippen molar-refractivity contribution in [2.75, 3.05) is 13.1 Å². The number of para-hydroxylation sites is 1. The van der Waals surface area contributed by atoms with E-state index in [1.165, 1.54) is 29.3 Å². The number of guanidine groups is 1. The zero-order valence-corrected chi connectivity index (χ0v) is 17.7. The summed E-state index contributed by atoms with van der Waals surface area (Å²) in [4.78, 5) is 8.12. The van der Waals surface area contributed by atoms with Crippen LogP contribution in [0.1, 0.15) is 38.2 Å². The number of ether oxygens (including phenoxy) is 1. The van der Waals surface area contributed by atoms with Crippen LogP contribution in [-0.2, 0) is 11.2 Å². The summed E-state index contributed by atoms with van der Waals surface area (Å²) in [6.45, 7) is 3.83. The first-order valence-corrected chi connectivity index (χ1v) is 9.59. The summed E-state index contributed by atoms with van der Waals surface area (Å²) in [5.41, 5.74) is 2.59. The number of nitrogens with one attached hydrogen (secondary N) is 3. The van der Waals surface area contributed by atoms with Crippen LogP contribution >= 0.6 is 24.0 Å². The Kier molecular flexibility index (Phi) is 6.80. The van der Waals surface area contributed by atoms with Gasteiger partial charge in [-0.25, -0.2) is 0 Å². The normalized spacial score (nSPS) is 24.7. The first-order valence-electron chi connectivity index (χ1n) is 9.59. The van der Waals surface area contributed by atoms with E-state index < -0.39 is 0 Å². The lowest BCUT2D eigenvalue weighted by atomic mass is 9.96. The summed E-state index contributed by atoms with van der Waals surface area (Å²) in [5.74, 6) is 0.933. The van der Waals surface area contributed by atoms with E-state index in [1.807, 2.05) is 0 Å². The molecule has 2 fully saturated rings. The van der Waals surface area contributed by atoms with Gasteiger partial charge in [0.15, 0.2) is 5.96 Å². The molecule has 3 unspecified atom stereocenters. The van der Waals surface area contributed by atoms with Gasteiger partial charge >= 0.3 is 0 Å². The third-order valence-electron chi connectivity index (χ3n) is 5.32. The molecule has 2 saturated heterocycles. The van der Waals surface area contributed by atoms with Gasteiger partial charge in [0.1, 0.15) is 0 Å². The Hall–Kier alpha value is -1.28. The minimum atomic E-state index is 0. The number of aliphatic imine (C=N–C) groups is 1. The molecule has 26 heavy (non-hydrogen) atoms. The number of aromatic amines is 1. The average molecular weight is 468 g/mol. The van der Waals surface area contributed by atoms with Crippen LogP contribution in [0.4, 0.5) is 0 Å².